The summed E-state index contributed by atoms with van der Waals surface area (Å²) >= 11 is 1.66. The van der Waals surface area contributed by atoms with Crippen molar-refractivity contribution < 1.29 is 0 Å². The molecule has 2 N–H and O–H groups in total. The Morgan fingerprint density at radius 1 is 1.26 bits per heavy atom. The van der Waals surface area contributed by atoms with Gasteiger partial charge in [-0.1, -0.05) is 0 Å². The van der Waals surface area contributed by atoms with Gasteiger partial charge in [0.05, 0.1) is 22.6 Å². The molecule has 0 saturated heterocycles. The SMILES string of the molecule is Cc1nc(Cn2c(C)c(C)c3c(N)ncnc32)cs1. The monoisotopic (exact) mass is 273 g/mol. The van der Waals surface area contributed by atoms with Gasteiger partial charge in [-0.2, -0.15) is 0 Å². The van der Waals surface area contributed by atoms with E-state index < -0.39 is 0 Å². The lowest BCUT2D eigenvalue weighted by Crippen LogP contribution is -2.03. The summed E-state index contributed by atoms with van der Waals surface area (Å²) in [6.07, 6.45) is 1.51. The third-order valence-electron chi connectivity index (χ3n) is 3.42. The molecular weight excluding hydrogens is 258 g/mol. The van der Waals surface area contributed by atoms with Crippen LogP contribution in [-0.4, -0.2) is 19.5 Å². The molecule has 19 heavy (non-hydrogen) atoms. The predicted molar refractivity (Wildman–Crippen MR) is 77.4 cm³/mol. The van der Waals surface area contributed by atoms with Crippen LogP contribution in [-0.2, 0) is 6.54 Å². The van der Waals surface area contributed by atoms with Crippen LogP contribution in [0.3, 0.4) is 0 Å². The van der Waals surface area contributed by atoms with Gasteiger partial charge in [0.15, 0.2) is 0 Å². The van der Waals surface area contributed by atoms with Crippen molar-refractivity contribution in [2.24, 2.45) is 0 Å². The molecule has 3 aromatic rings. The van der Waals surface area contributed by atoms with Gasteiger partial charge in [0, 0.05) is 11.1 Å². The van der Waals surface area contributed by atoms with Gasteiger partial charge in [-0.3, -0.25) is 0 Å². The lowest BCUT2D eigenvalue weighted by atomic mass is 10.2. The fraction of sp³-hybridized carbons (Fsp3) is 0.308. The summed E-state index contributed by atoms with van der Waals surface area (Å²) in [4.78, 5) is 13.0. The Balaban J connectivity index is 2.18. The van der Waals surface area contributed by atoms with Crippen LogP contribution in [0.25, 0.3) is 11.0 Å². The van der Waals surface area contributed by atoms with Gasteiger partial charge in [0.25, 0.3) is 0 Å². The molecule has 0 aliphatic heterocycles. The number of aryl methyl sites for hydroxylation is 2. The van der Waals surface area contributed by atoms with Gasteiger partial charge in [-0.05, 0) is 26.3 Å². The Morgan fingerprint density at radius 2 is 2.05 bits per heavy atom. The zero-order chi connectivity index (χ0) is 13.6. The molecule has 3 aromatic heterocycles. The second kappa shape index (κ2) is 4.31. The summed E-state index contributed by atoms with van der Waals surface area (Å²) in [5.41, 5.74) is 10.2. The van der Waals surface area contributed by atoms with E-state index in [1.54, 1.807) is 11.3 Å². The highest BCUT2D eigenvalue weighted by Gasteiger charge is 2.15. The molecule has 0 unspecified atom stereocenters. The van der Waals surface area contributed by atoms with Crippen molar-refractivity contribution in [1.82, 2.24) is 19.5 Å². The molecule has 5 nitrogen and oxygen atoms in total. The summed E-state index contributed by atoms with van der Waals surface area (Å²) in [6.45, 7) is 6.87. The molecule has 0 aliphatic rings. The number of anilines is 1. The summed E-state index contributed by atoms with van der Waals surface area (Å²) in [5.74, 6) is 0.541. The molecule has 0 atom stereocenters. The number of hydrogen-bond acceptors (Lipinski definition) is 5. The maximum absolute atomic E-state index is 5.96. The maximum Gasteiger partial charge on any atom is 0.146 e. The minimum absolute atomic E-state index is 0.541. The van der Waals surface area contributed by atoms with E-state index in [0.29, 0.717) is 5.82 Å². The first-order chi connectivity index (χ1) is 9.08. The molecule has 3 heterocycles. The summed E-state index contributed by atoms with van der Waals surface area (Å²) in [7, 11) is 0. The number of nitrogen functional groups attached to an aromatic ring is 1. The summed E-state index contributed by atoms with van der Waals surface area (Å²) < 4.78 is 2.15. The van der Waals surface area contributed by atoms with Crippen LogP contribution in [0.1, 0.15) is 22.0 Å². The molecule has 0 spiro atoms. The topological polar surface area (TPSA) is 69.6 Å². The predicted octanol–water partition coefficient (Wildman–Crippen LogP) is 2.44. The van der Waals surface area contributed by atoms with Crippen LogP contribution < -0.4 is 5.73 Å². The highest BCUT2D eigenvalue weighted by atomic mass is 32.1. The molecule has 0 amide bonds. The van der Waals surface area contributed by atoms with E-state index in [1.165, 1.54) is 6.33 Å². The number of aromatic nitrogens is 4. The molecular formula is C13H15N5S. The molecule has 0 bridgehead atoms. The molecule has 98 valence electrons. The Kier molecular flexibility index (Phi) is 2.74. The first-order valence-corrected chi connectivity index (χ1v) is 6.92. The zero-order valence-corrected chi connectivity index (χ0v) is 12.0. The van der Waals surface area contributed by atoms with Crippen molar-refractivity contribution in [3.63, 3.8) is 0 Å². The summed E-state index contributed by atoms with van der Waals surface area (Å²) in [5, 5.41) is 4.11. The first kappa shape index (κ1) is 12.1. The van der Waals surface area contributed by atoms with E-state index in [9.17, 15) is 0 Å². The van der Waals surface area contributed by atoms with E-state index >= 15 is 0 Å². The minimum atomic E-state index is 0.541. The van der Waals surface area contributed by atoms with Gasteiger partial charge < -0.3 is 10.3 Å². The quantitative estimate of drug-likeness (QED) is 0.778. The average Bonchev–Trinajstić information content (AvgIpc) is 2.88. The second-order valence-electron chi connectivity index (χ2n) is 4.61. The second-order valence-corrected chi connectivity index (χ2v) is 5.67. The van der Waals surface area contributed by atoms with Crippen LogP contribution in [0.2, 0.25) is 0 Å². The van der Waals surface area contributed by atoms with Crippen LogP contribution in [0.4, 0.5) is 5.82 Å². The fourth-order valence-electron chi connectivity index (χ4n) is 2.33. The third-order valence-corrected chi connectivity index (χ3v) is 4.24. The van der Waals surface area contributed by atoms with Gasteiger partial charge in [0.1, 0.15) is 17.8 Å². The molecule has 3 rings (SSSR count). The molecule has 0 saturated carbocycles. The average molecular weight is 273 g/mol. The molecule has 0 radical (unpaired) electrons. The normalized spacial score (nSPS) is 11.3. The molecule has 0 aliphatic carbocycles. The molecule has 0 fully saturated rings. The fourth-order valence-corrected chi connectivity index (χ4v) is 2.94. The van der Waals surface area contributed by atoms with Crippen LogP contribution in [0.5, 0.6) is 0 Å². The van der Waals surface area contributed by atoms with E-state index in [4.69, 9.17) is 5.73 Å². The number of nitrogens with zero attached hydrogens (tertiary/aromatic N) is 4. The highest BCUT2D eigenvalue weighted by Crippen LogP contribution is 2.27. The van der Waals surface area contributed by atoms with Crippen molar-refractivity contribution in [1.29, 1.82) is 0 Å². The Hall–Kier alpha value is -1.95. The van der Waals surface area contributed by atoms with Gasteiger partial charge in [0.2, 0.25) is 0 Å². The highest BCUT2D eigenvalue weighted by molar-refractivity contribution is 7.09. The first-order valence-electron chi connectivity index (χ1n) is 6.04. The Bertz CT molecular complexity index is 756. The lowest BCUT2D eigenvalue weighted by Gasteiger charge is -2.05. The molecule has 6 heteroatoms. The maximum atomic E-state index is 5.96. The number of fused-ring (bicyclic) bond motifs is 1. The van der Waals surface area contributed by atoms with Gasteiger partial charge >= 0.3 is 0 Å². The zero-order valence-electron chi connectivity index (χ0n) is 11.1. The van der Waals surface area contributed by atoms with Crippen molar-refractivity contribution in [2.45, 2.75) is 27.3 Å². The van der Waals surface area contributed by atoms with Gasteiger partial charge in [-0.15, -0.1) is 11.3 Å². The van der Waals surface area contributed by atoms with Crippen molar-refractivity contribution in [3.8, 4) is 0 Å². The van der Waals surface area contributed by atoms with Crippen LogP contribution in [0, 0.1) is 20.8 Å². The number of thiazole rings is 1. The van der Waals surface area contributed by atoms with E-state index in [-0.39, 0.29) is 0 Å². The van der Waals surface area contributed by atoms with Crippen LogP contribution >= 0.6 is 11.3 Å². The van der Waals surface area contributed by atoms with Crippen molar-refractivity contribution in [3.05, 3.63) is 33.7 Å². The largest absolute Gasteiger partial charge is 0.383 e. The lowest BCUT2D eigenvalue weighted by molar-refractivity contribution is 0.771. The van der Waals surface area contributed by atoms with Crippen molar-refractivity contribution in [2.75, 3.05) is 5.73 Å². The van der Waals surface area contributed by atoms with Crippen molar-refractivity contribution >= 4 is 28.2 Å². The Morgan fingerprint density at radius 3 is 2.74 bits per heavy atom. The number of hydrogen-bond donors (Lipinski definition) is 1. The standard InChI is InChI=1S/C13H15N5S/c1-7-8(2)18(4-10-5-19-9(3)17-10)13-11(7)12(14)15-6-16-13/h5-6H,4H2,1-3H3,(H2,14,15,16). The molecule has 0 aromatic carbocycles. The number of rotatable bonds is 2. The van der Waals surface area contributed by atoms with E-state index in [1.807, 2.05) is 6.92 Å². The van der Waals surface area contributed by atoms with E-state index in [2.05, 4.69) is 38.7 Å². The van der Waals surface area contributed by atoms with Gasteiger partial charge in [-0.25, -0.2) is 15.0 Å². The smallest absolute Gasteiger partial charge is 0.146 e. The van der Waals surface area contributed by atoms with E-state index in [0.717, 1.165) is 39.5 Å². The van der Waals surface area contributed by atoms with Crippen LogP contribution in [0.15, 0.2) is 11.7 Å². The number of nitrogens with two attached hydrogens (primary N) is 1. The minimum Gasteiger partial charge on any atom is -0.383 e. The Labute approximate surface area is 115 Å². The summed E-state index contributed by atoms with van der Waals surface area (Å²) in [6, 6.07) is 0. The third kappa shape index (κ3) is 1.88.